The van der Waals surface area contributed by atoms with Crippen LogP contribution in [0.2, 0.25) is 0 Å². The number of aryl methyl sites for hydroxylation is 1. The minimum atomic E-state index is 0.231. The van der Waals surface area contributed by atoms with Crippen LogP contribution in [0.1, 0.15) is 29.0 Å². The molecule has 5 aromatic rings. The fraction of sp³-hybridized carbons (Fsp3) is 0.118. The number of hydrogen-bond acceptors (Lipinski definition) is 2. The molecule has 1 aliphatic heterocycles. The molecule has 2 nitrogen and oxygen atoms in total. The van der Waals surface area contributed by atoms with Crippen molar-refractivity contribution in [2.75, 3.05) is 6.54 Å². The second-order valence-corrected chi connectivity index (χ2v) is 9.72. The van der Waals surface area contributed by atoms with E-state index in [0.717, 1.165) is 41.2 Å². The first-order valence-corrected chi connectivity index (χ1v) is 12.7. The van der Waals surface area contributed by atoms with E-state index >= 15 is 0 Å². The van der Waals surface area contributed by atoms with E-state index in [1.165, 1.54) is 38.6 Å². The Morgan fingerprint density at radius 1 is 0.750 bits per heavy atom. The zero-order valence-corrected chi connectivity index (χ0v) is 20.1. The zero-order chi connectivity index (χ0) is 23.9. The molecule has 0 N–H and O–H groups in total. The van der Waals surface area contributed by atoms with Gasteiger partial charge in [-0.2, -0.15) is 0 Å². The first-order chi connectivity index (χ1) is 17.8. The lowest BCUT2D eigenvalue weighted by atomic mass is 9.83. The number of aromatic nitrogens is 1. The molecule has 0 amide bonds. The molecule has 4 aromatic carbocycles. The standard InChI is InChI=1S/C34H26N2/c1-3-9-23(10-4-1)29-17-27-15-16-28-18-30(22-36-34(28)33(27)35-21-29)32-20-26-14-8-7-13-25(26)19-31(32)24-11-5-2-6-12-24/h1-6,8-12,14-21,30H,7,13,22H2. The summed E-state index contributed by atoms with van der Waals surface area (Å²) in [5.74, 6) is 0.231. The van der Waals surface area contributed by atoms with Gasteiger partial charge in [0.05, 0.1) is 17.4 Å². The first-order valence-electron chi connectivity index (χ1n) is 12.7. The van der Waals surface area contributed by atoms with Gasteiger partial charge in [-0.3, -0.25) is 9.98 Å². The van der Waals surface area contributed by atoms with Gasteiger partial charge in [-0.1, -0.05) is 103 Å². The van der Waals surface area contributed by atoms with Gasteiger partial charge in [0.25, 0.3) is 0 Å². The summed E-state index contributed by atoms with van der Waals surface area (Å²) in [5, 5.41) is 3.32. The molecule has 1 aliphatic carbocycles. The van der Waals surface area contributed by atoms with E-state index in [0.29, 0.717) is 0 Å². The van der Waals surface area contributed by atoms with E-state index in [-0.39, 0.29) is 5.92 Å². The molecule has 2 heteroatoms. The highest BCUT2D eigenvalue weighted by molar-refractivity contribution is 5.84. The molecule has 172 valence electrons. The minimum absolute atomic E-state index is 0.231. The topological polar surface area (TPSA) is 25.2 Å². The Hall–Kier alpha value is -4.30. The summed E-state index contributed by atoms with van der Waals surface area (Å²) in [7, 11) is 0. The van der Waals surface area contributed by atoms with E-state index < -0.39 is 0 Å². The minimum Gasteiger partial charge on any atom is -0.281 e. The maximum absolute atomic E-state index is 5.12. The monoisotopic (exact) mass is 462 g/mol. The van der Waals surface area contributed by atoms with Crippen LogP contribution in [0.25, 0.3) is 45.3 Å². The number of rotatable bonds is 3. The third-order valence-corrected chi connectivity index (χ3v) is 7.46. The summed E-state index contributed by atoms with van der Waals surface area (Å²) in [6, 6.07) is 32.7. The lowest BCUT2D eigenvalue weighted by Gasteiger charge is -2.22. The van der Waals surface area contributed by atoms with Crippen molar-refractivity contribution < 1.29 is 0 Å². The van der Waals surface area contributed by atoms with Crippen LogP contribution >= 0.6 is 0 Å². The lowest BCUT2D eigenvalue weighted by Crippen LogP contribution is -2.32. The van der Waals surface area contributed by atoms with Crippen molar-refractivity contribution in [3.05, 3.63) is 131 Å². The third kappa shape index (κ3) is 3.67. The number of benzene rings is 4. The highest BCUT2D eigenvalue weighted by Gasteiger charge is 2.20. The molecule has 1 unspecified atom stereocenters. The summed E-state index contributed by atoms with van der Waals surface area (Å²) in [6.45, 7) is 0.733. The number of fused-ring (bicyclic) bond motifs is 4. The molecular weight excluding hydrogens is 436 g/mol. The quantitative estimate of drug-likeness (QED) is 0.292. The number of nitrogens with zero attached hydrogens (tertiary/aromatic N) is 2. The maximum Gasteiger partial charge on any atom is 0.0960 e. The van der Waals surface area contributed by atoms with Gasteiger partial charge in [-0.25, -0.2) is 0 Å². The summed E-state index contributed by atoms with van der Waals surface area (Å²) >= 11 is 0. The van der Waals surface area contributed by atoms with Gasteiger partial charge < -0.3 is 0 Å². The Balaban J connectivity index is 1.35. The molecule has 1 aromatic heterocycles. The zero-order valence-electron chi connectivity index (χ0n) is 20.1. The van der Waals surface area contributed by atoms with Gasteiger partial charge >= 0.3 is 0 Å². The predicted octanol–water partition coefficient (Wildman–Crippen LogP) is 6.73. The van der Waals surface area contributed by atoms with Crippen LogP contribution in [0, 0.1) is 0 Å². The number of allylic oxidation sites excluding steroid dienone is 1. The van der Waals surface area contributed by atoms with Crippen LogP contribution in [0.3, 0.4) is 0 Å². The van der Waals surface area contributed by atoms with Crippen molar-refractivity contribution in [3.8, 4) is 22.3 Å². The Morgan fingerprint density at radius 3 is 2.39 bits per heavy atom. The second kappa shape index (κ2) is 8.73. The molecule has 0 bridgehead atoms. The van der Waals surface area contributed by atoms with E-state index in [4.69, 9.17) is 9.98 Å². The van der Waals surface area contributed by atoms with Crippen LogP contribution in [0.5, 0.6) is 0 Å². The Kier molecular flexibility index (Phi) is 5.10. The average molecular weight is 463 g/mol. The Labute approximate surface area is 211 Å². The average Bonchev–Trinajstić information content (AvgIpc) is 2.96. The molecule has 0 spiro atoms. The Bertz CT molecular complexity index is 1750. The summed E-state index contributed by atoms with van der Waals surface area (Å²) in [5.41, 5.74) is 10.1. The van der Waals surface area contributed by atoms with Gasteiger partial charge in [-0.05, 0) is 57.5 Å². The fourth-order valence-corrected chi connectivity index (χ4v) is 5.61. The molecule has 0 fully saturated rings. The van der Waals surface area contributed by atoms with Crippen molar-refractivity contribution in [3.63, 3.8) is 0 Å². The highest BCUT2D eigenvalue weighted by atomic mass is 14.8. The van der Waals surface area contributed by atoms with Crippen molar-refractivity contribution in [1.82, 2.24) is 4.98 Å². The lowest BCUT2D eigenvalue weighted by molar-refractivity contribution is 0.842. The molecule has 0 saturated carbocycles. The van der Waals surface area contributed by atoms with E-state index in [1.54, 1.807) is 0 Å². The van der Waals surface area contributed by atoms with Crippen molar-refractivity contribution in [2.24, 2.45) is 4.99 Å². The molecule has 0 radical (unpaired) electrons. The molecule has 0 saturated heterocycles. The number of hydrogen-bond donors (Lipinski definition) is 0. The summed E-state index contributed by atoms with van der Waals surface area (Å²) in [6.07, 6.45) is 11.2. The van der Waals surface area contributed by atoms with Crippen molar-refractivity contribution in [2.45, 2.75) is 18.8 Å². The fourth-order valence-electron chi connectivity index (χ4n) is 5.61. The smallest absolute Gasteiger partial charge is 0.0960 e. The van der Waals surface area contributed by atoms with Crippen LogP contribution < -0.4 is 10.6 Å². The predicted molar refractivity (Wildman–Crippen MR) is 149 cm³/mol. The second-order valence-electron chi connectivity index (χ2n) is 9.72. The Morgan fingerprint density at radius 2 is 1.56 bits per heavy atom. The summed E-state index contributed by atoms with van der Waals surface area (Å²) < 4.78 is 0. The first kappa shape index (κ1) is 21.0. The van der Waals surface area contributed by atoms with E-state index in [2.05, 4.69) is 103 Å². The third-order valence-electron chi connectivity index (χ3n) is 7.46. The molecule has 36 heavy (non-hydrogen) atoms. The van der Waals surface area contributed by atoms with Gasteiger partial charge in [0.2, 0.25) is 0 Å². The van der Waals surface area contributed by atoms with Crippen LogP contribution in [-0.2, 0) is 6.42 Å². The molecule has 2 aliphatic rings. The van der Waals surface area contributed by atoms with Crippen molar-refractivity contribution >= 4 is 23.1 Å². The number of pyridine rings is 1. The molecule has 7 rings (SSSR count). The largest absolute Gasteiger partial charge is 0.281 e. The van der Waals surface area contributed by atoms with Gasteiger partial charge in [-0.15, -0.1) is 0 Å². The van der Waals surface area contributed by atoms with Gasteiger partial charge in [0.15, 0.2) is 0 Å². The van der Waals surface area contributed by atoms with Gasteiger partial charge in [0, 0.05) is 23.1 Å². The summed E-state index contributed by atoms with van der Waals surface area (Å²) in [4.78, 5) is 9.98. The highest BCUT2D eigenvalue weighted by Crippen LogP contribution is 2.35. The van der Waals surface area contributed by atoms with Crippen LogP contribution in [0.4, 0.5) is 0 Å². The molecule has 2 heterocycles. The maximum atomic E-state index is 5.12. The molecule has 1 atom stereocenters. The SMILES string of the molecule is C1=Cc2cc(C3C=c4ccc5cc(-c6ccccc6)cnc5c4=NC3)c(-c3ccccc3)cc2CC1. The van der Waals surface area contributed by atoms with Gasteiger partial charge in [0.1, 0.15) is 0 Å². The molecular formula is C34H26N2. The normalized spacial score (nSPS) is 16.1. The van der Waals surface area contributed by atoms with E-state index in [1.807, 2.05) is 12.3 Å². The van der Waals surface area contributed by atoms with Crippen LogP contribution in [-0.4, -0.2) is 11.5 Å². The van der Waals surface area contributed by atoms with E-state index in [9.17, 15) is 0 Å². The van der Waals surface area contributed by atoms with Crippen molar-refractivity contribution in [1.29, 1.82) is 0 Å². The van der Waals surface area contributed by atoms with Crippen LogP contribution in [0.15, 0.2) is 108 Å².